The number of anilines is 2. The molecule has 1 aliphatic heterocycles. The first kappa shape index (κ1) is 16.6. The minimum absolute atomic E-state index is 0.00335. The summed E-state index contributed by atoms with van der Waals surface area (Å²) in [5, 5.41) is 3.00. The zero-order valence-corrected chi connectivity index (χ0v) is 15.0. The van der Waals surface area contributed by atoms with Crippen LogP contribution in [0.5, 0.6) is 5.75 Å². The van der Waals surface area contributed by atoms with Gasteiger partial charge in [-0.3, -0.25) is 4.79 Å². The average Bonchev–Trinajstić information content (AvgIpc) is 3.15. The fraction of sp³-hybridized carbons (Fsp3) is 0.278. The number of para-hydroxylation sites is 1. The van der Waals surface area contributed by atoms with Crippen molar-refractivity contribution in [3.8, 4) is 5.75 Å². The van der Waals surface area contributed by atoms with Gasteiger partial charge >= 0.3 is 0 Å². The molecule has 0 unspecified atom stereocenters. The number of carbonyl (C=O) groups is 1. The molecule has 0 aliphatic carbocycles. The number of piperazine rings is 1. The van der Waals surface area contributed by atoms with E-state index in [1.165, 1.54) is 0 Å². The van der Waals surface area contributed by atoms with Gasteiger partial charge in [0.15, 0.2) is 6.61 Å². The van der Waals surface area contributed by atoms with Crippen molar-refractivity contribution in [1.82, 2.24) is 14.9 Å². The first-order valence-corrected chi connectivity index (χ1v) is 9.30. The highest BCUT2D eigenvalue weighted by Gasteiger charge is 2.24. The number of amides is 1. The molecule has 2 aromatic heterocycles. The van der Waals surface area contributed by atoms with Gasteiger partial charge in [0.2, 0.25) is 5.95 Å². The molecule has 0 atom stereocenters. The van der Waals surface area contributed by atoms with Gasteiger partial charge in [-0.15, -0.1) is 11.3 Å². The van der Waals surface area contributed by atoms with Gasteiger partial charge < -0.3 is 20.3 Å². The summed E-state index contributed by atoms with van der Waals surface area (Å²) in [6, 6.07) is 11.4. The predicted octanol–water partition coefficient (Wildman–Crippen LogP) is 2.00. The minimum Gasteiger partial charge on any atom is -0.484 e. The number of nitrogens with zero attached hydrogens (tertiary/aromatic N) is 4. The number of nitrogen functional groups attached to an aromatic ring is 1. The van der Waals surface area contributed by atoms with E-state index in [2.05, 4.69) is 14.9 Å². The van der Waals surface area contributed by atoms with Crippen LogP contribution in [0.2, 0.25) is 0 Å². The van der Waals surface area contributed by atoms with E-state index in [0.29, 0.717) is 31.9 Å². The van der Waals surface area contributed by atoms with Crippen LogP contribution < -0.4 is 15.4 Å². The van der Waals surface area contributed by atoms with Gasteiger partial charge in [0.1, 0.15) is 16.4 Å². The fourth-order valence-electron chi connectivity index (χ4n) is 3.02. The van der Waals surface area contributed by atoms with E-state index in [1.54, 1.807) is 11.3 Å². The molecule has 7 nitrogen and oxygen atoms in total. The molecule has 3 aromatic rings. The number of ether oxygens (including phenoxy) is 1. The van der Waals surface area contributed by atoms with Crippen LogP contribution in [0.1, 0.15) is 0 Å². The number of nitrogens with two attached hydrogens (primary N) is 1. The van der Waals surface area contributed by atoms with Crippen molar-refractivity contribution >= 4 is 39.2 Å². The summed E-state index contributed by atoms with van der Waals surface area (Å²) in [5.41, 5.74) is 5.84. The molecular weight excluding hydrogens is 350 g/mol. The van der Waals surface area contributed by atoms with Crippen LogP contribution in [-0.4, -0.2) is 53.6 Å². The lowest BCUT2D eigenvalue weighted by Crippen LogP contribution is -2.50. The lowest BCUT2D eigenvalue weighted by molar-refractivity contribution is -0.133. The molecule has 0 spiro atoms. The molecule has 2 N–H and O–H groups in total. The van der Waals surface area contributed by atoms with Crippen LogP contribution in [0, 0.1) is 0 Å². The van der Waals surface area contributed by atoms with Crippen molar-refractivity contribution < 1.29 is 9.53 Å². The normalized spacial score (nSPS) is 14.6. The molecule has 26 heavy (non-hydrogen) atoms. The van der Waals surface area contributed by atoms with Gasteiger partial charge in [-0.25, -0.2) is 4.98 Å². The number of fused-ring (bicyclic) bond motifs is 1. The molecule has 1 aliphatic rings. The predicted molar refractivity (Wildman–Crippen MR) is 103 cm³/mol. The summed E-state index contributed by atoms with van der Waals surface area (Å²) in [4.78, 5) is 25.9. The smallest absolute Gasteiger partial charge is 0.260 e. The molecule has 8 heteroatoms. The van der Waals surface area contributed by atoms with Crippen LogP contribution in [-0.2, 0) is 4.79 Å². The fourth-order valence-corrected chi connectivity index (χ4v) is 3.78. The topological polar surface area (TPSA) is 84.6 Å². The molecule has 1 amide bonds. The van der Waals surface area contributed by atoms with Crippen LogP contribution in [0.4, 0.5) is 11.8 Å². The Hall–Kier alpha value is -2.87. The van der Waals surface area contributed by atoms with Crippen molar-refractivity contribution in [2.75, 3.05) is 43.4 Å². The highest BCUT2D eigenvalue weighted by atomic mass is 32.1. The van der Waals surface area contributed by atoms with Gasteiger partial charge in [0, 0.05) is 26.2 Å². The summed E-state index contributed by atoms with van der Waals surface area (Å²) in [6.07, 6.45) is 0. The van der Waals surface area contributed by atoms with E-state index in [-0.39, 0.29) is 18.5 Å². The van der Waals surface area contributed by atoms with Crippen LogP contribution >= 0.6 is 11.3 Å². The van der Waals surface area contributed by atoms with Crippen molar-refractivity contribution in [2.45, 2.75) is 0 Å². The number of aromatic nitrogens is 2. The van der Waals surface area contributed by atoms with Crippen molar-refractivity contribution in [1.29, 1.82) is 0 Å². The van der Waals surface area contributed by atoms with Crippen molar-refractivity contribution in [3.05, 3.63) is 41.8 Å². The molecular formula is C18H19N5O2S. The quantitative estimate of drug-likeness (QED) is 0.757. The molecule has 0 radical (unpaired) electrons. The largest absolute Gasteiger partial charge is 0.484 e. The summed E-state index contributed by atoms with van der Waals surface area (Å²) in [7, 11) is 0. The van der Waals surface area contributed by atoms with E-state index in [0.717, 1.165) is 16.0 Å². The Morgan fingerprint density at radius 2 is 1.88 bits per heavy atom. The Bertz CT molecular complexity index is 906. The number of carbonyl (C=O) groups excluding carboxylic acids is 1. The molecule has 1 aromatic carbocycles. The number of hydrogen-bond donors (Lipinski definition) is 1. The number of hydrogen-bond acceptors (Lipinski definition) is 7. The Morgan fingerprint density at radius 1 is 1.12 bits per heavy atom. The average molecular weight is 369 g/mol. The van der Waals surface area contributed by atoms with Gasteiger partial charge in [-0.05, 0) is 23.6 Å². The third-order valence-electron chi connectivity index (χ3n) is 4.36. The summed E-state index contributed by atoms with van der Waals surface area (Å²) in [5.74, 6) is 1.83. The zero-order valence-electron chi connectivity index (χ0n) is 14.2. The highest BCUT2D eigenvalue weighted by molar-refractivity contribution is 7.16. The maximum atomic E-state index is 12.4. The maximum absolute atomic E-state index is 12.4. The van der Waals surface area contributed by atoms with E-state index in [9.17, 15) is 4.79 Å². The van der Waals surface area contributed by atoms with Gasteiger partial charge in [0.05, 0.1) is 5.39 Å². The van der Waals surface area contributed by atoms with Crippen LogP contribution in [0.15, 0.2) is 41.8 Å². The lowest BCUT2D eigenvalue weighted by atomic mass is 10.2. The third kappa shape index (κ3) is 3.41. The lowest BCUT2D eigenvalue weighted by Gasteiger charge is -2.35. The third-order valence-corrected chi connectivity index (χ3v) is 5.17. The number of benzene rings is 1. The summed E-state index contributed by atoms with van der Waals surface area (Å²) < 4.78 is 5.55. The second-order valence-electron chi connectivity index (χ2n) is 6.01. The first-order valence-electron chi connectivity index (χ1n) is 8.42. The number of rotatable bonds is 4. The monoisotopic (exact) mass is 369 g/mol. The molecule has 3 heterocycles. The van der Waals surface area contributed by atoms with E-state index < -0.39 is 0 Å². The standard InChI is InChI=1S/C18H19N5O2S/c19-18-20-16(14-6-11-26-17(14)21-18)23-9-7-22(8-10-23)15(24)12-25-13-4-2-1-3-5-13/h1-6,11H,7-10,12H2,(H2,19,20,21). The first-order chi connectivity index (χ1) is 12.7. The zero-order chi connectivity index (χ0) is 17.9. The van der Waals surface area contributed by atoms with Gasteiger partial charge in [-0.2, -0.15) is 4.98 Å². The molecule has 1 saturated heterocycles. The molecule has 0 saturated carbocycles. The summed E-state index contributed by atoms with van der Waals surface area (Å²) >= 11 is 1.55. The molecule has 134 valence electrons. The Labute approximate surface area is 155 Å². The van der Waals surface area contributed by atoms with Crippen LogP contribution in [0.25, 0.3) is 10.2 Å². The Morgan fingerprint density at radius 3 is 2.65 bits per heavy atom. The maximum Gasteiger partial charge on any atom is 0.260 e. The van der Waals surface area contributed by atoms with Gasteiger partial charge in [-0.1, -0.05) is 18.2 Å². The Kier molecular flexibility index (Phi) is 4.57. The Balaban J connectivity index is 1.37. The van der Waals surface area contributed by atoms with Crippen molar-refractivity contribution in [2.24, 2.45) is 0 Å². The SMILES string of the molecule is Nc1nc(N2CCN(C(=O)COc3ccccc3)CC2)c2ccsc2n1. The van der Waals surface area contributed by atoms with Gasteiger partial charge in [0.25, 0.3) is 5.91 Å². The van der Waals surface area contributed by atoms with E-state index in [1.807, 2.05) is 46.7 Å². The van der Waals surface area contributed by atoms with Crippen LogP contribution in [0.3, 0.4) is 0 Å². The second-order valence-corrected chi connectivity index (χ2v) is 6.91. The summed E-state index contributed by atoms with van der Waals surface area (Å²) in [6.45, 7) is 2.73. The molecule has 4 rings (SSSR count). The molecule has 1 fully saturated rings. The molecule has 0 bridgehead atoms. The van der Waals surface area contributed by atoms with Crippen molar-refractivity contribution in [3.63, 3.8) is 0 Å². The van der Waals surface area contributed by atoms with E-state index >= 15 is 0 Å². The highest BCUT2D eigenvalue weighted by Crippen LogP contribution is 2.29. The van der Waals surface area contributed by atoms with E-state index in [4.69, 9.17) is 10.5 Å². The second kappa shape index (κ2) is 7.17. The number of thiophene rings is 1. The minimum atomic E-state index is -0.00335.